The summed E-state index contributed by atoms with van der Waals surface area (Å²) in [6.07, 6.45) is 0. The molecule has 0 unspecified atom stereocenters. The molecule has 0 amide bonds. The van der Waals surface area contributed by atoms with Crippen molar-refractivity contribution in [2.45, 2.75) is 79.9 Å². The zero-order valence-electron chi connectivity index (χ0n) is 26.5. The Morgan fingerprint density at radius 1 is 0.652 bits per heavy atom. The fourth-order valence-corrected chi connectivity index (χ4v) is 5.49. The number of alkyl halides is 3. The molecule has 0 fully saturated rings. The van der Waals surface area contributed by atoms with E-state index in [1.807, 2.05) is 90.1 Å². The lowest BCUT2D eigenvalue weighted by molar-refractivity contribution is -0.158. The van der Waals surface area contributed by atoms with E-state index in [-0.39, 0.29) is 24.1 Å². The largest absolute Gasteiger partial charge is 0.741 e. The van der Waals surface area contributed by atoms with Crippen molar-refractivity contribution in [3.63, 3.8) is 0 Å². The molecule has 0 atom stereocenters. The van der Waals surface area contributed by atoms with Crippen molar-refractivity contribution >= 4 is 33.0 Å². The summed E-state index contributed by atoms with van der Waals surface area (Å²) < 4.78 is 80.8. The SMILES string of the molecule is Cc1ccc([S+](c2ccc(OCC(=O)OC(C)(C)C)cc2)c2ccc(OCC(=O)OC(C)(C)C)cc2)cc1.O=S(=O)([O-])C(F)(F)F. The molecule has 0 aliphatic rings. The third kappa shape index (κ3) is 13.7. The number of carbonyl (C=O) groups is 2. The van der Waals surface area contributed by atoms with Gasteiger partial charge in [0, 0.05) is 0 Å². The van der Waals surface area contributed by atoms with Gasteiger partial charge < -0.3 is 23.5 Å². The molecule has 14 heteroatoms. The van der Waals surface area contributed by atoms with Crippen molar-refractivity contribution in [2.24, 2.45) is 0 Å². The minimum absolute atomic E-state index is 0.148. The van der Waals surface area contributed by atoms with E-state index in [0.29, 0.717) is 11.5 Å². The second-order valence-corrected chi connectivity index (χ2v) is 15.1. The second kappa shape index (κ2) is 15.7. The molecule has 0 N–H and O–H groups in total. The number of hydrogen-bond donors (Lipinski definition) is 0. The minimum Gasteiger partial charge on any atom is -0.741 e. The maximum absolute atomic E-state index is 12.0. The average molecular weight is 687 g/mol. The van der Waals surface area contributed by atoms with Gasteiger partial charge >= 0.3 is 17.4 Å². The van der Waals surface area contributed by atoms with Crippen LogP contribution < -0.4 is 9.47 Å². The fourth-order valence-electron chi connectivity index (χ4n) is 3.45. The zero-order valence-corrected chi connectivity index (χ0v) is 28.1. The molecule has 3 aromatic rings. The van der Waals surface area contributed by atoms with Gasteiger partial charge in [0.2, 0.25) is 0 Å². The van der Waals surface area contributed by atoms with Crippen LogP contribution >= 0.6 is 0 Å². The van der Waals surface area contributed by atoms with E-state index in [9.17, 15) is 22.8 Å². The van der Waals surface area contributed by atoms with Crippen LogP contribution in [0.25, 0.3) is 0 Å². The number of carbonyl (C=O) groups excluding carboxylic acids is 2. The van der Waals surface area contributed by atoms with Gasteiger partial charge in [-0.15, -0.1) is 0 Å². The van der Waals surface area contributed by atoms with Crippen LogP contribution in [0.4, 0.5) is 13.2 Å². The molecule has 3 rings (SSSR count). The van der Waals surface area contributed by atoms with Crippen LogP contribution in [0.15, 0.2) is 87.5 Å². The molecule has 0 saturated heterocycles. The first-order chi connectivity index (χ1) is 21.0. The van der Waals surface area contributed by atoms with E-state index in [0.717, 1.165) is 9.79 Å². The molecule has 9 nitrogen and oxygen atoms in total. The van der Waals surface area contributed by atoms with Crippen LogP contribution in [0.3, 0.4) is 0 Å². The molecule has 46 heavy (non-hydrogen) atoms. The van der Waals surface area contributed by atoms with Crippen molar-refractivity contribution in [1.82, 2.24) is 0 Å². The number of hydrogen-bond acceptors (Lipinski definition) is 9. The molecule has 0 spiro atoms. The smallest absolute Gasteiger partial charge is 0.485 e. The Morgan fingerprint density at radius 3 is 1.20 bits per heavy atom. The van der Waals surface area contributed by atoms with E-state index in [2.05, 4.69) is 31.2 Å². The van der Waals surface area contributed by atoms with Gasteiger partial charge in [-0.25, -0.2) is 18.0 Å². The first-order valence-corrected chi connectivity index (χ1v) is 16.4. The van der Waals surface area contributed by atoms with Gasteiger partial charge in [0.15, 0.2) is 38.0 Å². The number of esters is 2. The van der Waals surface area contributed by atoms with E-state index in [1.165, 1.54) is 10.5 Å². The summed E-state index contributed by atoms with van der Waals surface area (Å²) in [7, 11) is -6.48. The number of benzene rings is 3. The predicted molar refractivity (Wildman–Crippen MR) is 165 cm³/mol. The molecule has 252 valence electrons. The minimum atomic E-state index is -6.09. The Kier molecular flexibility index (Phi) is 13.1. The summed E-state index contributed by atoms with van der Waals surface area (Å²) in [5.41, 5.74) is -5.56. The molecule has 0 aliphatic carbocycles. The van der Waals surface area contributed by atoms with Crippen LogP contribution in [0, 0.1) is 6.92 Å². The Labute approximate surface area is 270 Å². The number of ether oxygens (including phenoxy) is 4. The fraction of sp³-hybridized carbons (Fsp3) is 0.375. The Hall–Kier alpha value is -3.75. The van der Waals surface area contributed by atoms with Gasteiger partial charge in [-0.3, -0.25) is 0 Å². The lowest BCUT2D eigenvalue weighted by Crippen LogP contribution is -2.27. The first-order valence-electron chi connectivity index (χ1n) is 13.8. The van der Waals surface area contributed by atoms with E-state index < -0.39 is 38.8 Å². The third-order valence-electron chi connectivity index (χ3n) is 5.21. The predicted octanol–water partition coefficient (Wildman–Crippen LogP) is 6.58. The van der Waals surface area contributed by atoms with Crippen molar-refractivity contribution in [3.05, 3.63) is 78.4 Å². The lowest BCUT2D eigenvalue weighted by Gasteiger charge is -2.19. The summed E-state index contributed by atoms with van der Waals surface area (Å²) in [5.74, 6) is 0.376. The summed E-state index contributed by atoms with van der Waals surface area (Å²) in [6, 6.07) is 24.0. The molecule has 0 saturated carbocycles. The van der Waals surface area contributed by atoms with Crippen molar-refractivity contribution in [1.29, 1.82) is 0 Å². The standard InChI is InChI=1S/C31H37O6S.CHF3O3S/c1-22-8-14-25(15-9-22)38(26-16-10-23(11-17-26)34-20-28(32)36-30(2,3)4)27-18-12-24(13-19-27)35-21-29(33)37-31(5,6)7;2-1(3,4)8(5,6)7/h8-19H,20-21H2,1-7H3;(H,5,6,7)/q+1;/p-1. The maximum atomic E-state index is 12.0. The summed E-state index contributed by atoms with van der Waals surface area (Å²) >= 11 is 0. The topological polar surface area (TPSA) is 128 Å². The van der Waals surface area contributed by atoms with Crippen molar-refractivity contribution in [2.75, 3.05) is 13.2 Å². The summed E-state index contributed by atoms with van der Waals surface area (Å²) in [6.45, 7) is 12.7. The van der Waals surface area contributed by atoms with Gasteiger partial charge in [-0.2, -0.15) is 13.2 Å². The van der Waals surface area contributed by atoms with Gasteiger partial charge in [0.05, 0.1) is 10.9 Å². The molecular formula is C32H37F3O9S2. The molecule has 0 radical (unpaired) electrons. The maximum Gasteiger partial charge on any atom is 0.485 e. The highest BCUT2D eigenvalue weighted by molar-refractivity contribution is 7.97. The van der Waals surface area contributed by atoms with E-state index in [4.69, 9.17) is 31.9 Å². The van der Waals surface area contributed by atoms with Crippen LogP contribution in [-0.4, -0.2) is 54.8 Å². The van der Waals surface area contributed by atoms with Crippen LogP contribution in [0.2, 0.25) is 0 Å². The highest BCUT2D eigenvalue weighted by atomic mass is 32.2. The van der Waals surface area contributed by atoms with Gasteiger partial charge in [0.25, 0.3) is 0 Å². The highest BCUT2D eigenvalue weighted by Gasteiger charge is 2.37. The average Bonchev–Trinajstić information content (AvgIpc) is 2.91. The zero-order chi connectivity index (χ0) is 34.9. The van der Waals surface area contributed by atoms with Crippen molar-refractivity contribution < 1.29 is 54.7 Å². The number of halogens is 3. The van der Waals surface area contributed by atoms with Gasteiger partial charge in [0.1, 0.15) is 22.7 Å². The monoisotopic (exact) mass is 686 g/mol. The molecule has 0 aliphatic heterocycles. The molecule has 0 aromatic heterocycles. The van der Waals surface area contributed by atoms with Crippen LogP contribution in [-0.2, 0) is 40.1 Å². The highest BCUT2D eigenvalue weighted by Crippen LogP contribution is 2.33. The van der Waals surface area contributed by atoms with Crippen LogP contribution in [0.1, 0.15) is 47.1 Å². The lowest BCUT2D eigenvalue weighted by atomic mass is 10.2. The molecule has 0 heterocycles. The summed E-state index contributed by atoms with van der Waals surface area (Å²) in [5, 5.41) is 0. The number of rotatable bonds is 9. The summed E-state index contributed by atoms with van der Waals surface area (Å²) in [4.78, 5) is 27.4. The van der Waals surface area contributed by atoms with E-state index >= 15 is 0 Å². The quantitative estimate of drug-likeness (QED) is 0.106. The number of aryl methyl sites for hydroxylation is 1. The first kappa shape index (κ1) is 38.4. The Morgan fingerprint density at radius 2 is 0.935 bits per heavy atom. The Balaban J connectivity index is 0.000000812. The van der Waals surface area contributed by atoms with Crippen LogP contribution in [0.5, 0.6) is 11.5 Å². The Bertz CT molecular complexity index is 1470. The second-order valence-electron chi connectivity index (χ2n) is 11.7. The van der Waals surface area contributed by atoms with E-state index in [1.54, 1.807) is 0 Å². The van der Waals surface area contributed by atoms with Crippen molar-refractivity contribution in [3.8, 4) is 11.5 Å². The molecule has 0 bridgehead atoms. The van der Waals surface area contributed by atoms with Gasteiger partial charge in [-0.1, -0.05) is 17.7 Å². The normalized spacial score (nSPS) is 12.1. The molecular weight excluding hydrogens is 649 g/mol. The van der Waals surface area contributed by atoms with Gasteiger partial charge in [-0.05, 0) is 109 Å². The third-order valence-corrected chi connectivity index (χ3v) is 8.01. The molecule has 3 aromatic carbocycles.